The summed E-state index contributed by atoms with van der Waals surface area (Å²) in [6.45, 7) is 10.1. The number of likely N-dealkylation sites (N-methyl/N-ethyl adjacent to an activating group) is 1. The lowest BCUT2D eigenvalue weighted by atomic mass is 10.1. The van der Waals surface area contributed by atoms with Crippen LogP contribution in [0.1, 0.15) is 25.0 Å². The molecule has 1 heterocycles. The van der Waals surface area contributed by atoms with Crippen LogP contribution in [0.2, 0.25) is 0 Å². The van der Waals surface area contributed by atoms with Gasteiger partial charge in [0.15, 0.2) is 0 Å². The number of benzene rings is 1. The van der Waals surface area contributed by atoms with Gasteiger partial charge < -0.3 is 14.7 Å². The van der Waals surface area contributed by atoms with Crippen LogP contribution in [0, 0.1) is 6.92 Å². The molecule has 1 aromatic carbocycles. The fourth-order valence-electron chi connectivity index (χ4n) is 2.46. The molecule has 1 saturated heterocycles. The van der Waals surface area contributed by atoms with E-state index in [-0.39, 0.29) is 6.10 Å². The van der Waals surface area contributed by atoms with E-state index in [4.69, 9.17) is 14.7 Å². The van der Waals surface area contributed by atoms with Gasteiger partial charge in [-0.15, -0.1) is 0 Å². The van der Waals surface area contributed by atoms with E-state index >= 15 is 0 Å². The molecule has 1 aliphatic rings. The van der Waals surface area contributed by atoms with E-state index in [1.807, 2.05) is 25.1 Å². The fourth-order valence-corrected chi connectivity index (χ4v) is 2.46. The fraction of sp³-hybridized carbons (Fsp3) is 0.562. The predicted octanol–water partition coefficient (Wildman–Crippen LogP) is 2.29. The summed E-state index contributed by atoms with van der Waals surface area (Å²) >= 11 is 0. The highest BCUT2D eigenvalue weighted by molar-refractivity contribution is 6.00. The van der Waals surface area contributed by atoms with Crippen molar-refractivity contribution in [2.45, 2.75) is 26.9 Å². The van der Waals surface area contributed by atoms with Gasteiger partial charge in [-0.25, -0.2) is 0 Å². The Morgan fingerprint density at radius 3 is 3.05 bits per heavy atom. The van der Waals surface area contributed by atoms with Crippen molar-refractivity contribution in [3.05, 3.63) is 29.3 Å². The molecule has 1 unspecified atom stereocenters. The van der Waals surface area contributed by atoms with E-state index in [2.05, 4.69) is 17.0 Å². The molecule has 5 nitrogen and oxygen atoms in total. The maximum absolute atomic E-state index is 8.99. The van der Waals surface area contributed by atoms with Crippen LogP contribution in [0.15, 0.2) is 23.4 Å². The van der Waals surface area contributed by atoms with Gasteiger partial charge in [-0.05, 0) is 32.5 Å². The predicted molar refractivity (Wildman–Crippen MR) is 82.5 cm³/mol. The zero-order valence-electron chi connectivity index (χ0n) is 13.0. The van der Waals surface area contributed by atoms with Gasteiger partial charge in [-0.2, -0.15) is 0 Å². The minimum absolute atomic E-state index is 0.0826. The van der Waals surface area contributed by atoms with E-state index in [1.54, 1.807) is 6.92 Å². The summed E-state index contributed by atoms with van der Waals surface area (Å²) in [6.07, 6.45) is 0.0826. The Balaban J connectivity index is 2.03. The SMILES string of the molecule is CCN1CCOC(COc2ccc(C)cc2C(C)=NO)C1. The number of ether oxygens (including phenoxy) is 2. The number of oxime groups is 1. The summed E-state index contributed by atoms with van der Waals surface area (Å²) in [5.41, 5.74) is 2.47. The lowest BCUT2D eigenvalue weighted by Gasteiger charge is -2.32. The molecule has 1 aromatic rings. The maximum Gasteiger partial charge on any atom is 0.128 e. The third-order valence-electron chi connectivity index (χ3n) is 3.77. The van der Waals surface area contributed by atoms with Gasteiger partial charge in [0.2, 0.25) is 0 Å². The molecule has 1 fully saturated rings. The number of aryl methyl sites for hydroxylation is 1. The smallest absolute Gasteiger partial charge is 0.128 e. The lowest BCUT2D eigenvalue weighted by molar-refractivity contribution is -0.0464. The molecule has 1 N–H and O–H groups in total. The first-order valence-corrected chi connectivity index (χ1v) is 7.40. The molecule has 0 radical (unpaired) electrons. The first kappa shape index (κ1) is 15.8. The van der Waals surface area contributed by atoms with Crippen LogP contribution in [-0.4, -0.2) is 54.8 Å². The normalized spacial score (nSPS) is 20.5. The lowest BCUT2D eigenvalue weighted by Crippen LogP contribution is -2.44. The number of hydrogen-bond donors (Lipinski definition) is 1. The number of hydrogen-bond acceptors (Lipinski definition) is 5. The van der Waals surface area contributed by atoms with Crippen molar-refractivity contribution in [1.29, 1.82) is 0 Å². The number of nitrogens with zero attached hydrogens (tertiary/aromatic N) is 2. The summed E-state index contributed by atoms with van der Waals surface area (Å²) in [5, 5.41) is 12.3. The second-order valence-corrected chi connectivity index (χ2v) is 5.38. The van der Waals surface area contributed by atoms with Gasteiger partial charge in [-0.1, -0.05) is 23.7 Å². The van der Waals surface area contributed by atoms with E-state index in [1.165, 1.54) is 0 Å². The summed E-state index contributed by atoms with van der Waals surface area (Å²) in [6, 6.07) is 5.87. The molecule has 5 heteroatoms. The van der Waals surface area contributed by atoms with Crippen LogP contribution in [0.4, 0.5) is 0 Å². The minimum atomic E-state index is 0.0826. The number of rotatable bonds is 5. The molecule has 2 rings (SSSR count). The van der Waals surface area contributed by atoms with Gasteiger partial charge in [0.25, 0.3) is 0 Å². The van der Waals surface area contributed by atoms with Crippen molar-refractivity contribution >= 4 is 5.71 Å². The van der Waals surface area contributed by atoms with Gasteiger partial charge in [-0.3, -0.25) is 4.90 Å². The molecule has 0 bridgehead atoms. The van der Waals surface area contributed by atoms with Crippen LogP contribution >= 0.6 is 0 Å². The average Bonchev–Trinajstić information content (AvgIpc) is 2.53. The average molecular weight is 292 g/mol. The van der Waals surface area contributed by atoms with E-state index < -0.39 is 0 Å². The minimum Gasteiger partial charge on any atom is -0.490 e. The molecule has 116 valence electrons. The maximum atomic E-state index is 8.99. The van der Waals surface area contributed by atoms with Crippen molar-refractivity contribution in [1.82, 2.24) is 4.90 Å². The molecule has 0 aromatic heterocycles. The Labute approximate surface area is 126 Å². The molecular weight excluding hydrogens is 268 g/mol. The first-order chi connectivity index (χ1) is 10.1. The Morgan fingerprint density at radius 1 is 1.52 bits per heavy atom. The quantitative estimate of drug-likeness (QED) is 0.514. The summed E-state index contributed by atoms with van der Waals surface area (Å²) in [7, 11) is 0. The molecule has 0 amide bonds. The highest BCUT2D eigenvalue weighted by Crippen LogP contribution is 2.21. The highest BCUT2D eigenvalue weighted by atomic mass is 16.5. The van der Waals surface area contributed by atoms with Crippen molar-refractivity contribution in [3.63, 3.8) is 0 Å². The topological polar surface area (TPSA) is 54.3 Å². The third-order valence-corrected chi connectivity index (χ3v) is 3.77. The Hall–Kier alpha value is -1.59. The Kier molecular flexibility index (Phi) is 5.59. The van der Waals surface area contributed by atoms with Crippen LogP contribution in [0.25, 0.3) is 0 Å². The van der Waals surface area contributed by atoms with Gasteiger partial charge in [0, 0.05) is 18.7 Å². The van der Waals surface area contributed by atoms with Crippen LogP contribution in [-0.2, 0) is 4.74 Å². The highest BCUT2D eigenvalue weighted by Gasteiger charge is 2.20. The van der Waals surface area contributed by atoms with Crippen LogP contribution in [0.5, 0.6) is 5.75 Å². The number of morpholine rings is 1. The van der Waals surface area contributed by atoms with Crippen molar-refractivity contribution in [2.75, 3.05) is 32.8 Å². The summed E-state index contributed by atoms with van der Waals surface area (Å²) in [5.74, 6) is 0.730. The first-order valence-electron chi connectivity index (χ1n) is 7.40. The zero-order valence-corrected chi connectivity index (χ0v) is 13.0. The summed E-state index contributed by atoms with van der Waals surface area (Å²) < 4.78 is 11.6. The molecule has 21 heavy (non-hydrogen) atoms. The molecule has 0 saturated carbocycles. The molecule has 1 aliphatic heterocycles. The molecule has 0 spiro atoms. The summed E-state index contributed by atoms with van der Waals surface area (Å²) in [4.78, 5) is 2.36. The van der Waals surface area contributed by atoms with Crippen molar-refractivity contribution in [3.8, 4) is 5.75 Å². The van der Waals surface area contributed by atoms with Gasteiger partial charge in [0.1, 0.15) is 18.5 Å². The van der Waals surface area contributed by atoms with Crippen molar-refractivity contribution < 1.29 is 14.7 Å². The largest absolute Gasteiger partial charge is 0.490 e. The Bertz CT molecular complexity index is 502. The molecule has 1 atom stereocenters. The van der Waals surface area contributed by atoms with E-state index in [9.17, 15) is 0 Å². The molecule has 0 aliphatic carbocycles. The molecular formula is C16H24N2O3. The van der Waals surface area contributed by atoms with Gasteiger partial charge in [0.05, 0.1) is 12.3 Å². The van der Waals surface area contributed by atoms with Gasteiger partial charge >= 0.3 is 0 Å². The van der Waals surface area contributed by atoms with Crippen LogP contribution < -0.4 is 4.74 Å². The monoisotopic (exact) mass is 292 g/mol. The second kappa shape index (κ2) is 7.43. The van der Waals surface area contributed by atoms with Crippen LogP contribution in [0.3, 0.4) is 0 Å². The second-order valence-electron chi connectivity index (χ2n) is 5.38. The zero-order chi connectivity index (χ0) is 15.2. The standard InChI is InChI=1S/C16H24N2O3/c1-4-18-7-8-20-14(10-18)11-21-16-6-5-12(2)9-15(16)13(3)17-19/h5-6,9,14,19H,4,7-8,10-11H2,1-3H3. The van der Waals surface area contributed by atoms with E-state index in [0.29, 0.717) is 12.3 Å². The Morgan fingerprint density at radius 2 is 2.33 bits per heavy atom. The van der Waals surface area contributed by atoms with E-state index in [0.717, 1.165) is 43.1 Å². The third kappa shape index (κ3) is 4.19. The van der Waals surface area contributed by atoms with Crippen molar-refractivity contribution in [2.24, 2.45) is 5.16 Å².